The maximum absolute atomic E-state index is 12.3. The lowest BCUT2D eigenvalue weighted by molar-refractivity contribution is 0.0966. The van der Waals surface area contributed by atoms with Crippen LogP contribution in [0.4, 0.5) is 5.69 Å². The number of carbonyl (C=O) groups excluding carboxylic acids is 1. The Hall–Kier alpha value is -2.16. The minimum atomic E-state index is 0.103. The van der Waals surface area contributed by atoms with Crippen LogP contribution < -0.4 is 5.73 Å². The Kier molecular flexibility index (Phi) is 3.50. The van der Waals surface area contributed by atoms with Gasteiger partial charge in [0.15, 0.2) is 5.78 Å². The largest absolute Gasteiger partial charge is 0.397 e. The molecule has 3 nitrogen and oxygen atoms in total. The molecular weight excluding hydrogens is 248 g/mol. The van der Waals surface area contributed by atoms with E-state index in [1.807, 2.05) is 0 Å². The van der Waals surface area contributed by atoms with Crippen LogP contribution in [-0.2, 0) is 6.42 Å². The quantitative estimate of drug-likeness (QED) is 0.867. The first-order chi connectivity index (χ1) is 9.74. The molecule has 20 heavy (non-hydrogen) atoms. The molecule has 0 saturated carbocycles. The maximum Gasteiger partial charge on any atom is 0.181 e. The number of aromatic nitrogens is 1. The summed E-state index contributed by atoms with van der Waals surface area (Å²) >= 11 is 0. The summed E-state index contributed by atoms with van der Waals surface area (Å²) in [4.78, 5) is 16.5. The van der Waals surface area contributed by atoms with Gasteiger partial charge >= 0.3 is 0 Å². The number of hydrogen-bond acceptors (Lipinski definition) is 3. The molecule has 1 atom stereocenters. The summed E-state index contributed by atoms with van der Waals surface area (Å²) in [6.07, 6.45) is 5.44. The smallest absolute Gasteiger partial charge is 0.181 e. The van der Waals surface area contributed by atoms with E-state index < -0.39 is 0 Å². The van der Waals surface area contributed by atoms with E-state index in [0.717, 1.165) is 19.3 Å². The van der Waals surface area contributed by atoms with Gasteiger partial charge in [-0.1, -0.05) is 24.3 Å². The normalized spacial score (nSPS) is 17.5. The molecule has 0 spiro atoms. The minimum absolute atomic E-state index is 0.103. The van der Waals surface area contributed by atoms with Crippen LogP contribution in [0.5, 0.6) is 0 Å². The zero-order valence-electron chi connectivity index (χ0n) is 11.4. The van der Waals surface area contributed by atoms with Crippen molar-refractivity contribution >= 4 is 11.5 Å². The van der Waals surface area contributed by atoms with E-state index in [0.29, 0.717) is 23.7 Å². The van der Waals surface area contributed by atoms with Crippen molar-refractivity contribution in [3.05, 3.63) is 59.4 Å². The second-order valence-electron chi connectivity index (χ2n) is 5.39. The van der Waals surface area contributed by atoms with E-state index >= 15 is 0 Å². The number of anilines is 1. The number of nitrogen functional groups attached to an aromatic ring is 1. The van der Waals surface area contributed by atoms with Crippen molar-refractivity contribution in [3.63, 3.8) is 0 Å². The zero-order chi connectivity index (χ0) is 13.9. The lowest BCUT2D eigenvalue weighted by Crippen LogP contribution is -2.14. The first kappa shape index (κ1) is 12.9. The number of benzene rings is 1. The average molecular weight is 266 g/mol. The number of fused-ring (bicyclic) bond motifs is 1. The second-order valence-corrected chi connectivity index (χ2v) is 5.39. The van der Waals surface area contributed by atoms with Crippen LogP contribution >= 0.6 is 0 Å². The van der Waals surface area contributed by atoms with Gasteiger partial charge in [-0.3, -0.25) is 9.78 Å². The van der Waals surface area contributed by atoms with E-state index in [9.17, 15) is 4.79 Å². The molecule has 0 saturated heterocycles. The monoisotopic (exact) mass is 266 g/mol. The van der Waals surface area contributed by atoms with Gasteiger partial charge in [-0.15, -0.1) is 0 Å². The van der Waals surface area contributed by atoms with Gasteiger partial charge < -0.3 is 5.73 Å². The van der Waals surface area contributed by atoms with Crippen molar-refractivity contribution in [3.8, 4) is 0 Å². The number of nitrogens with two attached hydrogens (primary N) is 1. The molecule has 3 heteroatoms. The molecule has 3 rings (SSSR count). The van der Waals surface area contributed by atoms with Gasteiger partial charge in [0, 0.05) is 6.42 Å². The summed E-state index contributed by atoms with van der Waals surface area (Å²) in [6, 6.07) is 11.9. The molecular formula is C17H18N2O. The van der Waals surface area contributed by atoms with E-state index in [1.165, 1.54) is 11.1 Å². The molecule has 2 N–H and O–H groups in total. The summed E-state index contributed by atoms with van der Waals surface area (Å²) in [6.45, 7) is 0. The van der Waals surface area contributed by atoms with Crippen LogP contribution in [0.1, 0.15) is 46.8 Å². The molecule has 1 aliphatic rings. The van der Waals surface area contributed by atoms with Gasteiger partial charge in [-0.05, 0) is 48.4 Å². The molecule has 0 radical (unpaired) electrons. The van der Waals surface area contributed by atoms with E-state index in [4.69, 9.17) is 5.73 Å². The van der Waals surface area contributed by atoms with Crippen LogP contribution in [0.2, 0.25) is 0 Å². The number of carbonyl (C=O) groups is 1. The number of hydrogen-bond donors (Lipinski definition) is 1. The van der Waals surface area contributed by atoms with Crippen LogP contribution in [0.25, 0.3) is 0 Å². The van der Waals surface area contributed by atoms with Crippen LogP contribution in [0.15, 0.2) is 42.6 Å². The zero-order valence-corrected chi connectivity index (χ0v) is 11.4. The SMILES string of the molecule is Nc1ccc(C(=O)CC2CCCc3ccccc32)nc1. The fourth-order valence-electron chi connectivity index (χ4n) is 2.97. The molecule has 1 unspecified atom stereocenters. The molecule has 1 aliphatic carbocycles. The van der Waals surface area contributed by atoms with Gasteiger partial charge in [0.25, 0.3) is 0 Å². The summed E-state index contributed by atoms with van der Waals surface area (Å²) in [5.41, 5.74) is 9.43. The van der Waals surface area contributed by atoms with Gasteiger partial charge in [-0.25, -0.2) is 0 Å². The van der Waals surface area contributed by atoms with Crippen LogP contribution in [0, 0.1) is 0 Å². The van der Waals surface area contributed by atoms with Crippen LogP contribution in [0.3, 0.4) is 0 Å². The van der Waals surface area contributed by atoms with Crippen molar-refractivity contribution in [2.24, 2.45) is 0 Å². The molecule has 0 amide bonds. The molecule has 1 aromatic carbocycles. The predicted molar refractivity (Wildman–Crippen MR) is 79.7 cm³/mol. The van der Waals surface area contributed by atoms with E-state index in [1.54, 1.807) is 18.3 Å². The topological polar surface area (TPSA) is 56.0 Å². The molecule has 1 aromatic heterocycles. The lowest BCUT2D eigenvalue weighted by Gasteiger charge is -2.24. The van der Waals surface area contributed by atoms with Gasteiger partial charge in [-0.2, -0.15) is 0 Å². The van der Waals surface area contributed by atoms with Gasteiger partial charge in [0.2, 0.25) is 0 Å². The van der Waals surface area contributed by atoms with Crippen molar-refractivity contribution in [1.29, 1.82) is 0 Å². The Morgan fingerprint density at radius 3 is 2.90 bits per heavy atom. The van der Waals surface area contributed by atoms with Crippen molar-refractivity contribution in [2.45, 2.75) is 31.6 Å². The number of aryl methyl sites for hydroxylation is 1. The molecule has 0 fully saturated rings. The van der Waals surface area contributed by atoms with E-state index in [2.05, 4.69) is 29.2 Å². The maximum atomic E-state index is 12.3. The summed E-state index contributed by atoms with van der Waals surface area (Å²) in [7, 11) is 0. The highest BCUT2D eigenvalue weighted by Gasteiger charge is 2.23. The number of ketones is 1. The Morgan fingerprint density at radius 1 is 1.25 bits per heavy atom. The van der Waals surface area contributed by atoms with Gasteiger partial charge in [0.05, 0.1) is 11.9 Å². The number of nitrogens with zero attached hydrogens (tertiary/aromatic N) is 1. The molecule has 2 aromatic rings. The highest BCUT2D eigenvalue weighted by molar-refractivity contribution is 5.94. The Labute approximate surface area is 118 Å². The minimum Gasteiger partial charge on any atom is -0.397 e. The fraction of sp³-hybridized carbons (Fsp3) is 0.294. The van der Waals surface area contributed by atoms with Crippen molar-refractivity contribution in [1.82, 2.24) is 4.98 Å². The standard InChI is InChI=1S/C17H18N2O/c18-14-8-9-16(19-11-14)17(20)10-13-6-3-5-12-4-1-2-7-15(12)13/h1-2,4,7-9,11,13H,3,5-6,10,18H2. The highest BCUT2D eigenvalue weighted by Crippen LogP contribution is 2.34. The fourth-order valence-corrected chi connectivity index (χ4v) is 2.97. The average Bonchev–Trinajstić information content (AvgIpc) is 2.48. The van der Waals surface area contributed by atoms with Crippen LogP contribution in [-0.4, -0.2) is 10.8 Å². The summed E-state index contributed by atoms with van der Waals surface area (Å²) in [5, 5.41) is 0. The third-order valence-corrected chi connectivity index (χ3v) is 4.00. The highest BCUT2D eigenvalue weighted by atomic mass is 16.1. The molecule has 0 aliphatic heterocycles. The summed E-state index contributed by atoms with van der Waals surface area (Å²) < 4.78 is 0. The Balaban J connectivity index is 1.79. The molecule has 102 valence electrons. The molecule has 1 heterocycles. The number of pyridine rings is 1. The lowest BCUT2D eigenvalue weighted by atomic mass is 9.80. The Morgan fingerprint density at radius 2 is 2.10 bits per heavy atom. The first-order valence-electron chi connectivity index (χ1n) is 7.06. The second kappa shape index (κ2) is 5.45. The number of rotatable bonds is 3. The Bertz CT molecular complexity index is 619. The predicted octanol–water partition coefficient (Wildman–Crippen LogP) is 3.36. The molecule has 0 bridgehead atoms. The van der Waals surface area contributed by atoms with Crippen molar-refractivity contribution in [2.75, 3.05) is 5.73 Å². The third kappa shape index (κ3) is 2.57. The van der Waals surface area contributed by atoms with Gasteiger partial charge in [0.1, 0.15) is 5.69 Å². The van der Waals surface area contributed by atoms with Crippen molar-refractivity contribution < 1.29 is 4.79 Å². The van der Waals surface area contributed by atoms with E-state index in [-0.39, 0.29) is 5.78 Å². The summed E-state index contributed by atoms with van der Waals surface area (Å²) in [5.74, 6) is 0.429. The third-order valence-electron chi connectivity index (χ3n) is 4.00. The number of Topliss-reactive ketones (excluding diaryl/α,β-unsaturated/α-hetero) is 1. The first-order valence-corrected chi connectivity index (χ1v) is 7.06.